The smallest absolute Gasteiger partial charge is 0.359 e. The molecule has 0 spiro atoms. The topological polar surface area (TPSA) is 67.1 Å². The van der Waals surface area contributed by atoms with Crippen molar-refractivity contribution in [3.8, 4) is 0 Å². The summed E-state index contributed by atoms with van der Waals surface area (Å²) in [5, 5.41) is 0. The monoisotopic (exact) mass is 295 g/mol. The average molecular weight is 295 g/mol. The fraction of sp³-hybridized carbons (Fsp3) is 0.600. The Morgan fingerprint density at radius 2 is 2.11 bits per heavy atom. The normalized spacial score (nSPS) is 11.5. The number of halogens is 3. The van der Waals surface area contributed by atoms with Gasteiger partial charge in [-0.3, -0.25) is 0 Å². The van der Waals surface area contributed by atoms with E-state index in [2.05, 4.69) is 15.4 Å². The maximum absolute atomic E-state index is 12.6. The highest BCUT2D eigenvalue weighted by molar-refractivity contribution is 7.98. The number of alkyl halides is 3. The highest BCUT2D eigenvalue weighted by atomic mass is 32.2. The average Bonchev–Trinajstić information content (AvgIpc) is 2.37. The van der Waals surface area contributed by atoms with Crippen molar-refractivity contribution in [3.63, 3.8) is 0 Å². The Bertz CT molecular complexity index is 413. The maximum atomic E-state index is 12.6. The standard InChI is InChI=1S/C10H16F3N5S/c1-18(4-3-5-19-2)8-6-7(17-14)15-9(16-8)10(11,12)13/h6H,3-5,14H2,1-2H3,(H,15,16,17). The molecule has 0 unspecified atom stereocenters. The summed E-state index contributed by atoms with van der Waals surface area (Å²) < 4.78 is 37.9. The van der Waals surface area contributed by atoms with Crippen LogP contribution in [0, 0.1) is 0 Å². The Hall–Kier alpha value is -1.22. The molecule has 5 nitrogen and oxygen atoms in total. The zero-order valence-electron chi connectivity index (χ0n) is 10.7. The van der Waals surface area contributed by atoms with Gasteiger partial charge in [-0.15, -0.1) is 0 Å². The molecule has 0 atom stereocenters. The fourth-order valence-electron chi connectivity index (χ4n) is 1.39. The van der Waals surface area contributed by atoms with Gasteiger partial charge in [0.25, 0.3) is 0 Å². The summed E-state index contributed by atoms with van der Waals surface area (Å²) in [7, 11) is 1.68. The first-order valence-corrected chi connectivity index (χ1v) is 6.91. The van der Waals surface area contributed by atoms with Gasteiger partial charge in [-0.25, -0.2) is 15.8 Å². The van der Waals surface area contributed by atoms with E-state index in [1.165, 1.54) is 6.07 Å². The number of rotatable bonds is 6. The van der Waals surface area contributed by atoms with Crippen LogP contribution in [-0.2, 0) is 6.18 Å². The van der Waals surface area contributed by atoms with E-state index in [1.54, 1.807) is 23.7 Å². The van der Waals surface area contributed by atoms with Crippen LogP contribution in [0.4, 0.5) is 24.8 Å². The van der Waals surface area contributed by atoms with Crippen LogP contribution in [0.3, 0.4) is 0 Å². The Labute approximate surface area is 113 Å². The highest BCUT2D eigenvalue weighted by Crippen LogP contribution is 2.28. The van der Waals surface area contributed by atoms with E-state index in [4.69, 9.17) is 5.84 Å². The van der Waals surface area contributed by atoms with E-state index < -0.39 is 12.0 Å². The molecule has 0 aromatic carbocycles. The van der Waals surface area contributed by atoms with Gasteiger partial charge in [0.2, 0.25) is 5.82 Å². The lowest BCUT2D eigenvalue weighted by Gasteiger charge is -2.19. The minimum Gasteiger partial charge on any atom is -0.359 e. The first-order valence-electron chi connectivity index (χ1n) is 5.51. The molecule has 0 bridgehead atoms. The predicted octanol–water partition coefficient (Wildman–Crippen LogP) is 1.97. The highest BCUT2D eigenvalue weighted by Gasteiger charge is 2.35. The number of nitrogens with zero attached hydrogens (tertiary/aromatic N) is 3. The number of hydrazine groups is 1. The lowest BCUT2D eigenvalue weighted by atomic mass is 10.4. The molecule has 0 aliphatic heterocycles. The van der Waals surface area contributed by atoms with Gasteiger partial charge >= 0.3 is 6.18 Å². The number of anilines is 2. The summed E-state index contributed by atoms with van der Waals surface area (Å²) in [6.07, 6.45) is -1.76. The summed E-state index contributed by atoms with van der Waals surface area (Å²) in [6, 6.07) is 1.38. The van der Waals surface area contributed by atoms with E-state index in [1.807, 2.05) is 6.26 Å². The quantitative estimate of drug-likeness (QED) is 0.475. The van der Waals surface area contributed by atoms with Gasteiger partial charge in [-0.1, -0.05) is 0 Å². The summed E-state index contributed by atoms with van der Waals surface area (Å²) in [6.45, 7) is 0.610. The predicted molar refractivity (Wildman–Crippen MR) is 71.1 cm³/mol. The first kappa shape index (κ1) is 15.8. The Kier molecular flexibility index (Phi) is 5.67. The minimum atomic E-state index is -4.60. The van der Waals surface area contributed by atoms with Crippen molar-refractivity contribution in [3.05, 3.63) is 11.9 Å². The molecule has 0 saturated carbocycles. The van der Waals surface area contributed by atoms with Crippen molar-refractivity contribution < 1.29 is 13.2 Å². The number of thioether (sulfide) groups is 1. The molecule has 1 heterocycles. The lowest BCUT2D eigenvalue weighted by molar-refractivity contribution is -0.144. The van der Waals surface area contributed by atoms with Gasteiger partial charge in [0.15, 0.2) is 0 Å². The van der Waals surface area contributed by atoms with Crippen LogP contribution in [0.2, 0.25) is 0 Å². The third-order valence-electron chi connectivity index (χ3n) is 2.35. The number of nitrogens with two attached hydrogens (primary N) is 1. The molecule has 1 aromatic rings. The fourth-order valence-corrected chi connectivity index (χ4v) is 1.81. The van der Waals surface area contributed by atoms with Crippen LogP contribution in [-0.4, -0.2) is 35.6 Å². The second-order valence-electron chi connectivity index (χ2n) is 3.84. The summed E-state index contributed by atoms with van der Waals surface area (Å²) >= 11 is 1.68. The molecule has 3 N–H and O–H groups in total. The number of aromatic nitrogens is 2. The Morgan fingerprint density at radius 1 is 1.42 bits per heavy atom. The number of nitrogen functional groups attached to an aromatic ring is 1. The van der Waals surface area contributed by atoms with E-state index >= 15 is 0 Å². The summed E-state index contributed by atoms with van der Waals surface area (Å²) in [4.78, 5) is 8.46. The molecule has 0 aliphatic carbocycles. The molecule has 0 radical (unpaired) electrons. The summed E-state index contributed by atoms with van der Waals surface area (Å²) in [5.74, 6) is 4.99. The van der Waals surface area contributed by atoms with Gasteiger partial charge in [-0.05, 0) is 18.4 Å². The van der Waals surface area contributed by atoms with E-state index in [9.17, 15) is 13.2 Å². The minimum absolute atomic E-state index is 0.0611. The van der Waals surface area contributed by atoms with Crippen molar-refractivity contribution >= 4 is 23.4 Å². The third-order valence-corrected chi connectivity index (χ3v) is 3.04. The van der Waals surface area contributed by atoms with Crippen molar-refractivity contribution in [2.24, 2.45) is 5.84 Å². The molecule has 1 rings (SSSR count). The largest absolute Gasteiger partial charge is 0.451 e. The van der Waals surface area contributed by atoms with Crippen LogP contribution in [0.1, 0.15) is 12.2 Å². The second kappa shape index (κ2) is 6.80. The SMILES string of the molecule is CSCCCN(C)c1cc(NN)nc(C(F)(F)F)n1. The molecule has 108 valence electrons. The Morgan fingerprint density at radius 3 is 2.63 bits per heavy atom. The molecule has 19 heavy (non-hydrogen) atoms. The van der Waals surface area contributed by atoms with Gasteiger partial charge in [0.1, 0.15) is 11.6 Å². The lowest BCUT2D eigenvalue weighted by Crippen LogP contribution is -2.23. The van der Waals surface area contributed by atoms with Gasteiger partial charge in [0, 0.05) is 19.7 Å². The van der Waals surface area contributed by atoms with E-state index in [-0.39, 0.29) is 11.6 Å². The molecule has 0 saturated heterocycles. The van der Waals surface area contributed by atoms with Crippen LogP contribution >= 0.6 is 11.8 Å². The molecule has 0 amide bonds. The molecule has 9 heteroatoms. The van der Waals surface area contributed by atoms with Crippen LogP contribution in [0.5, 0.6) is 0 Å². The number of hydrogen-bond acceptors (Lipinski definition) is 6. The third kappa shape index (κ3) is 4.75. The van der Waals surface area contributed by atoms with E-state index in [0.29, 0.717) is 6.54 Å². The molecule has 0 fully saturated rings. The van der Waals surface area contributed by atoms with Gasteiger partial charge < -0.3 is 10.3 Å². The van der Waals surface area contributed by atoms with Gasteiger partial charge in [0.05, 0.1) is 0 Å². The van der Waals surface area contributed by atoms with Crippen LogP contribution in [0.15, 0.2) is 6.07 Å². The second-order valence-corrected chi connectivity index (χ2v) is 4.83. The van der Waals surface area contributed by atoms with Crippen LogP contribution < -0.4 is 16.2 Å². The molecular formula is C10H16F3N5S. The molecular weight excluding hydrogens is 279 g/mol. The maximum Gasteiger partial charge on any atom is 0.451 e. The van der Waals surface area contributed by atoms with Crippen molar-refractivity contribution in [2.75, 3.05) is 35.9 Å². The van der Waals surface area contributed by atoms with Crippen molar-refractivity contribution in [1.29, 1.82) is 0 Å². The van der Waals surface area contributed by atoms with E-state index in [0.717, 1.165) is 12.2 Å². The Balaban J connectivity index is 2.93. The summed E-state index contributed by atoms with van der Waals surface area (Å²) in [5.41, 5.74) is 2.12. The van der Waals surface area contributed by atoms with Crippen LogP contribution in [0.25, 0.3) is 0 Å². The zero-order chi connectivity index (χ0) is 14.5. The molecule has 0 aliphatic rings. The van der Waals surface area contributed by atoms with Gasteiger partial charge in [-0.2, -0.15) is 24.9 Å². The van der Waals surface area contributed by atoms with Crippen molar-refractivity contribution in [1.82, 2.24) is 9.97 Å². The number of hydrogen-bond donors (Lipinski definition) is 2. The molecule has 1 aromatic heterocycles. The number of nitrogens with one attached hydrogen (secondary N) is 1. The zero-order valence-corrected chi connectivity index (χ0v) is 11.5. The first-order chi connectivity index (χ1) is 8.88. The van der Waals surface area contributed by atoms with Crippen molar-refractivity contribution in [2.45, 2.75) is 12.6 Å².